The smallest absolute Gasteiger partial charge is 0.243 e. The van der Waals surface area contributed by atoms with Crippen LogP contribution in [0, 0.1) is 6.92 Å². The van der Waals surface area contributed by atoms with E-state index in [1.165, 1.54) is 9.87 Å². The maximum Gasteiger partial charge on any atom is 0.243 e. The van der Waals surface area contributed by atoms with Gasteiger partial charge in [0.1, 0.15) is 0 Å². The third kappa shape index (κ3) is 3.87. The quantitative estimate of drug-likeness (QED) is 0.768. The zero-order valence-corrected chi connectivity index (χ0v) is 16.0. The summed E-state index contributed by atoms with van der Waals surface area (Å²) in [4.78, 5) is 0.331. The van der Waals surface area contributed by atoms with Crippen molar-refractivity contribution in [1.82, 2.24) is 14.1 Å². The van der Waals surface area contributed by atoms with Crippen molar-refractivity contribution in [2.24, 2.45) is 0 Å². The van der Waals surface area contributed by atoms with Crippen LogP contribution in [-0.4, -0.2) is 29.6 Å². The van der Waals surface area contributed by atoms with Crippen LogP contribution in [0.3, 0.4) is 0 Å². The minimum Gasteiger partial charge on any atom is -0.272 e. The highest BCUT2D eigenvalue weighted by atomic mass is 32.2. The van der Waals surface area contributed by atoms with Gasteiger partial charge in [-0.1, -0.05) is 26.0 Å². The third-order valence-corrected chi connectivity index (χ3v) is 6.35. The zero-order valence-electron chi connectivity index (χ0n) is 15.2. The summed E-state index contributed by atoms with van der Waals surface area (Å²) in [6.07, 6.45) is 2.94. The Hall–Kier alpha value is -1.66. The van der Waals surface area contributed by atoms with E-state index in [9.17, 15) is 8.42 Å². The molecule has 0 bridgehead atoms. The lowest BCUT2D eigenvalue weighted by Crippen LogP contribution is -2.26. The van der Waals surface area contributed by atoms with E-state index in [1.807, 2.05) is 36.9 Å². The van der Waals surface area contributed by atoms with Gasteiger partial charge in [0.15, 0.2) is 0 Å². The lowest BCUT2D eigenvalue weighted by molar-refractivity contribution is 0.465. The van der Waals surface area contributed by atoms with Crippen LogP contribution in [0.2, 0.25) is 0 Å². The fraction of sp³-hybridized carbons (Fsp3) is 0.500. The van der Waals surface area contributed by atoms with Crippen LogP contribution < -0.4 is 0 Å². The van der Waals surface area contributed by atoms with E-state index in [-0.39, 0.29) is 0 Å². The van der Waals surface area contributed by atoms with Crippen molar-refractivity contribution >= 4 is 10.0 Å². The largest absolute Gasteiger partial charge is 0.272 e. The summed E-state index contributed by atoms with van der Waals surface area (Å²) >= 11 is 0. The van der Waals surface area contributed by atoms with Gasteiger partial charge in [-0.3, -0.25) is 4.68 Å². The Morgan fingerprint density at radius 2 is 1.83 bits per heavy atom. The van der Waals surface area contributed by atoms with Crippen LogP contribution in [-0.2, 0) is 23.1 Å². The summed E-state index contributed by atoms with van der Waals surface area (Å²) in [6, 6.07) is 7.23. The number of nitrogens with zero attached hydrogens (tertiary/aromatic N) is 3. The van der Waals surface area contributed by atoms with Gasteiger partial charge < -0.3 is 0 Å². The van der Waals surface area contributed by atoms with E-state index in [2.05, 4.69) is 18.9 Å². The number of aromatic nitrogens is 2. The number of rotatable bonds is 7. The Morgan fingerprint density at radius 1 is 1.21 bits per heavy atom. The molecule has 0 amide bonds. The van der Waals surface area contributed by atoms with Crippen molar-refractivity contribution < 1.29 is 8.42 Å². The molecule has 0 aliphatic carbocycles. The zero-order chi connectivity index (χ0) is 17.9. The molecule has 0 N–H and O–H groups in total. The molecule has 0 radical (unpaired) electrons. The van der Waals surface area contributed by atoms with E-state index in [0.717, 1.165) is 24.2 Å². The molecule has 1 unspecified atom stereocenters. The van der Waals surface area contributed by atoms with Gasteiger partial charge in [0.2, 0.25) is 10.0 Å². The van der Waals surface area contributed by atoms with Gasteiger partial charge in [-0.2, -0.15) is 9.40 Å². The highest BCUT2D eigenvalue weighted by Gasteiger charge is 2.22. The van der Waals surface area contributed by atoms with E-state index in [4.69, 9.17) is 0 Å². The SMILES string of the molecule is CCC(C)c1ccc(S(=O)(=O)N(C)Cc2cn(CC)nc2C)cc1. The molecule has 0 aliphatic heterocycles. The van der Waals surface area contributed by atoms with Crippen molar-refractivity contribution in [2.45, 2.75) is 58.0 Å². The minimum atomic E-state index is -3.50. The molecular weight excluding hydrogens is 322 g/mol. The average Bonchev–Trinajstić information content (AvgIpc) is 2.94. The van der Waals surface area contributed by atoms with Crippen LogP contribution in [0.5, 0.6) is 0 Å². The van der Waals surface area contributed by atoms with Crippen molar-refractivity contribution in [1.29, 1.82) is 0 Å². The minimum absolute atomic E-state index is 0.321. The molecule has 1 heterocycles. The Balaban J connectivity index is 2.20. The van der Waals surface area contributed by atoms with E-state index in [0.29, 0.717) is 17.4 Å². The predicted molar refractivity (Wildman–Crippen MR) is 96.4 cm³/mol. The van der Waals surface area contributed by atoms with Gasteiger partial charge in [-0.15, -0.1) is 0 Å². The van der Waals surface area contributed by atoms with E-state index >= 15 is 0 Å². The highest BCUT2D eigenvalue weighted by Crippen LogP contribution is 2.23. The standard InChI is InChI=1S/C18H27N3O2S/c1-6-14(3)16-8-10-18(11-9-16)24(22,23)20(5)12-17-13-21(7-2)19-15(17)4/h8-11,13-14H,6-7,12H2,1-5H3. The Morgan fingerprint density at radius 3 is 2.33 bits per heavy atom. The van der Waals surface area contributed by atoms with Gasteiger partial charge in [-0.25, -0.2) is 8.42 Å². The number of hydrogen-bond donors (Lipinski definition) is 0. The van der Waals surface area contributed by atoms with Crippen LogP contribution in [0.15, 0.2) is 35.4 Å². The summed E-state index contributed by atoms with van der Waals surface area (Å²) < 4.78 is 28.8. The van der Waals surface area contributed by atoms with Crippen molar-refractivity contribution in [2.75, 3.05) is 7.05 Å². The van der Waals surface area contributed by atoms with E-state index in [1.54, 1.807) is 19.2 Å². The number of hydrogen-bond acceptors (Lipinski definition) is 3. The highest BCUT2D eigenvalue weighted by molar-refractivity contribution is 7.89. The fourth-order valence-corrected chi connectivity index (χ4v) is 3.73. The molecule has 2 rings (SSSR count). The molecule has 24 heavy (non-hydrogen) atoms. The lowest BCUT2D eigenvalue weighted by atomic mass is 9.99. The molecule has 0 saturated carbocycles. The maximum atomic E-state index is 12.8. The molecule has 1 aromatic carbocycles. The summed E-state index contributed by atoms with van der Waals surface area (Å²) in [7, 11) is -1.89. The summed E-state index contributed by atoms with van der Waals surface area (Å²) in [5, 5.41) is 4.37. The Bertz CT molecular complexity index is 779. The first-order valence-corrected chi connectivity index (χ1v) is 9.82. The predicted octanol–water partition coefficient (Wildman–Crippen LogP) is 3.55. The Labute approximate surface area is 145 Å². The second-order valence-corrected chi connectivity index (χ2v) is 8.28. The van der Waals surface area contributed by atoms with Crippen molar-refractivity contribution in [3.05, 3.63) is 47.3 Å². The van der Waals surface area contributed by atoms with Crippen LogP contribution in [0.4, 0.5) is 0 Å². The van der Waals surface area contributed by atoms with Gasteiger partial charge in [-0.05, 0) is 43.9 Å². The molecule has 0 spiro atoms. The second-order valence-electron chi connectivity index (χ2n) is 6.23. The molecule has 0 fully saturated rings. The summed E-state index contributed by atoms with van der Waals surface area (Å²) in [5.41, 5.74) is 2.96. The van der Waals surface area contributed by atoms with E-state index < -0.39 is 10.0 Å². The molecule has 1 aromatic heterocycles. The fourth-order valence-electron chi connectivity index (χ4n) is 2.59. The van der Waals surface area contributed by atoms with Gasteiger partial charge in [0.05, 0.1) is 10.6 Å². The van der Waals surface area contributed by atoms with Gasteiger partial charge in [0, 0.05) is 31.9 Å². The summed E-state index contributed by atoms with van der Waals surface area (Å²) in [5.74, 6) is 0.432. The molecule has 2 aromatic rings. The number of aryl methyl sites for hydroxylation is 2. The maximum absolute atomic E-state index is 12.8. The normalized spacial score (nSPS) is 13.4. The second kappa shape index (κ2) is 7.49. The van der Waals surface area contributed by atoms with Crippen molar-refractivity contribution in [3.63, 3.8) is 0 Å². The first kappa shape index (κ1) is 18.7. The molecule has 0 aliphatic rings. The monoisotopic (exact) mass is 349 g/mol. The molecule has 0 saturated heterocycles. The van der Waals surface area contributed by atoms with Gasteiger partial charge >= 0.3 is 0 Å². The van der Waals surface area contributed by atoms with Crippen molar-refractivity contribution in [3.8, 4) is 0 Å². The van der Waals surface area contributed by atoms with Crippen LogP contribution >= 0.6 is 0 Å². The average molecular weight is 350 g/mol. The third-order valence-electron chi connectivity index (χ3n) is 4.53. The molecule has 132 valence electrons. The number of benzene rings is 1. The Kier molecular flexibility index (Phi) is 5.83. The first-order chi connectivity index (χ1) is 11.3. The summed E-state index contributed by atoms with van der Waals surface area (Å²) in [6.45, 7) is 9.28. The van der Waals surface area contributed by atoms with Crippen LogP contribution in [0.1, 0.15) is 49.9 Å². The molecular formula is C18H27N3O2S. The molecule has 1 atom stereocenters. The topological polar surface area (TPSA) is 55.2 Å². The number of sulfonamides is 1. The molecule has 5 nitrogen and oxygen atoms in total. The lowest BCUT2D eigenvalue weighted by Gasteiger charge is -2.17. The van der Waals surface area contributed by atoms with Gasteiger partial charge in [0.25, 0.3) is 0 Å². The first-order valence-electron chi connectivity index (χ1n) is 8.38. The van der Waals surface area contributed by atoms with Crippen LogP contribution in [0.25, 0.3) is 0 Å². The molecule has 6 heteroatoms.